The van der Waals surface area contributed by atoms with Crippen molar-refractivity contribution in [2.24, 2.45) is 4.99 Å². The Balaban J connectivity index is 1.83. The molecule has 1 aliphatic heterocycles. The van der Waals surface area contributed by atoms with Gasteiger partial charge in [0, 0.05) is 18.7 Å². The Kier molecular flexibility index (Phi) is 5.71. The van der Waals surface area contributed by atoms with E-state index in [-0.39, 0.29) is 12.4 Å². The van der Waals surface area contributed by atoms with Crippen LogP contribution in [-0.2, 0) is 16.1 Å². The number of rotatable bonds is 5. The number of methoxy groups -OCH3 is 2. The van der Waals surface area contributed by atoms with Crippen LogP contribution in [0.1, 0.15) is 16.8 Å². The van der Waals surface area contributed by atoms with Gasteiger partial charge in [0.1, 0.15) is 19.0 Å². The van der Waals surface area contributed by atoms with Crippen LogP contribution < -0.4 is 19.0 Å². The SMILES string of the molecule is COC(=O)CCn1c(=NC(=O)c2ccccc2OC)sc2cc3c(cc21)OCCO3. The second-order valence-corrected chi connectivity index (χ2v) is 7.45. The second kappa shape index (κ2) is 8.58. The summed E-state index contributed by atoms with van der Waals surface area (Å²) in [5, 5.41) is 0. The molecule has 0 bridgehead atoms. The van der Waals surface area contributed by atoms with Crippen LogP contribution >= 0.6 is 11.3 Å². The van der Waals surface area contributed by atoms with Crippen LogP contribution in [0.2, 0.25) is 0 Å². The summed E-state index contributed by atoms with van der Waals surface area (Å²) in [6.45, 7) is 1.26. The highest BCUT2D eigenvalue weighted by Crippen LogP contribution is 2.35. The molecular weight excluding hydrogens is 408 g/mol. The van der Waals surface area contributed by atoms with Gasteiger partial charge in [-0.1, -0.05) is 23.5 Å². The van der Waals surface area contributed by atoms with Crippen molar-refractivity contribution in [3.05, 3.63) is 46.8 Å². The minimum atomic E-state index is -0.428. The molecule has 0 aliphatic carbocycles. The average Bonchev–Trinajstić information content (AvgIpc) is 3.11. The standard InChI is InChI=1S/C21H20N2O6S/c1-26-15-6-4-3-5-13(15)20(25)22-21-23(8-7-19(24)27-2)14-11-16-17(12-18(14)30-21)29-10-9-28-16/h3-6,11-12H,7-10H2,1-2H3. The van der Waals surface area contributed by atoms with Crippen molar-refractivity contribution in [1.29, 1.82) is 0 Å². The lowest BCUT2D eigenvalue weighted by Gasteiger charge is -2.18. The molecule has 2 heterocycles. The average molecular weight is 428 g/mol. The highest BCUT2D eigenvalue weighted by molar-refractivity contribution is 7.16. The number of carbonyl (C=O) groups excluding carboxylic acids is 2. The lowest BCUT2D eigenvalue weighted by Crippen LogP contribution is -2.19. The minimum Gasteiger partial charge on any atom is -0.496 e. The fraction of sp³-hybridized carbons (Fsp3) is 0.286. The fourth-order valence-corrected chi connectivity index (χ4v) is 4.25. The van der Waals surface area contributed by atoms with E-state index in [9.17, 15) is 9.59 Å². The molecule has 0 saturated heterocycles. The van der Waals surface area contributed by atoms with Crippen molar-refractivity contribution in [3.8, 4) is 17.2 Å². The maximum absolute atomic E-state index is 12.9. The van der Waals surface area contributed by atoms with E-state index in [2.05, 4.69) is 4.99 Å². The Morgan fingerprint density at radius 1 is 1.13 bits per heavy atom. The molecule has 0 atom stereocenters. The van der Waals surface area contributed by atoms with E-state index in [0.29, 0.717) is 47.4 Å². The Bertz CT molecular complexity index is 1180. The van der Waals surface area contributed by atoms with E-state index in [1.807, 2.05) is 16.7 Å². The molecule has 0 spiro atoms. The van der Waals surface area contributed by atoms with Gasteiger partial charge in [-0.3, -0.25) is 9.59 Å². The van der Waals surface area contributed by atoms with Gasteiger partial charge in [-0.25, -0.2) is 0 Å². The summed E-state index contributed by atoms with van der Waals surface area (Å²) in [7, 11) is 2.85. The molecule has 0 saturated carbocycles. The number of hydrogen-bond acceptors (Lipinski definition) is 7. The summed E-state index contributed by atoms with van der Waals surface area (Å²) in [6, 6.07) is 10.6. The smallest absolute Gasteiger partial charge is 0.307 e. The van der Waals surface area contributed by atoms with Gasteiger partial charge in [-0.2, -0.15) is 4.99 Å². The largest absolute Gasteiger partial charge is 0.496 e. The number of aromatic nitrogens is 1. The summed E-state index contributed by atoms with van der Waals surface area (Å²) in [6.07, 6.45) is 0.146. The first kappa shape index (κ1) is 20.0. The topological polar surface area (TPSA) is 88.4 Å². The monoisotopic (exact) mass is 428 g/mol. The van der Waals surface area contributed by atoms with Crippen LogP contribution in [0.15, 0.2) is 41.4 Å². The summed E-state index contributed by atoms with van der Waals surface area (Å²) < 4.78 is 24.1. The van der Waals surface area contributed by atoms with E-state index in [0.717, 1.165) is 10.2 Å². The van der Waals surface area contributed by atoms with Crippen LogP contribution in [0.5, 0.6) is 17.2 Å². The minimum absolute atomic E-state index is 0.146. The number of thiazole rings is 1. The van der Waals surface area contributed by atoms with Gasteiger partial charge >= 0.3 is 5.97 Å². The molecule has 1 aromatic heterocycles. The van der Waals surface area contributed by atoms with Crippen LogP contribution in [0.25, 0.3) is 10.2 Å². The van der Waals surface area contributed by atoms with E-state index >= 15 is 0 Å². The first-order valence-electron chi connectivity index (χ1n) is 9.32. The third-order valence-electron chi connectivity index (χ3n) is 4.65. The van der Waals surface area contributed by atoms with Crippen LogP contribution in [-0.4, -0.2) is 43.9 Å². The molecule has 1 aliphatic rings. The van der Waals surface area contributed by atoms with Crippen LogP contribution in [0.3, 0.4) is 0 Å². The van der Waals surface area contributed by atoms with E-state index in [1.54, 1.807) is 24.3 Å². The third kappa shape index (κ3) is 3.88. The first-order valence-corrected chi connectivity index (χ1v) is 10.1. The summed E-state index contributed by atoms with van der Waals surface area (Å²) in [4.78, 5) is 29.4. The Hall–Kier alpha value is -3.33. The number of fused-ring (bicyclic) bond motifs is 2. The number of benzene rings is 2. The lowest BCUT2D eigenvalue weighted by atomic mass is 10.2. The molecule has 4 rings (SSSR count). The van der Waals surface area contributed by atoms with Crippen molar-refractivity contribution in [1.82, 2.24) is 4.57 Å². The van der Waals surface area contributed by atoms with Gasteiger partial charge in [0.25, 0.3) is 5.91 Å². The molecule has 8 nitrogen and oxygen atoms in total. The van der Waals surface area contributed by atoms with Crippen molar-refractivity contribution in [2.75, 3.05) is 27.4 Å². The molecule has 2 aromatic carbocycles. The molecule has 0 N–H and O–H groups in total. The summed E-state index contributed by atoms with van der Waals surface area (Å²) >= 11 is 1.34. The zero-order valence-electron chi connectivity index (χ0n) is 16.5. The fourth-order valence-electron chi connectivity index (χ4n) is 3.18. The van der Waals surface area contributed by atoms with Crippen molar-refractivity contribution < 1.29 is 28.5 Å². The quantitative estimate of drug-likeness (QED) is 0.581. The Labute approximate surface area is 176 Å². The highest BCUT2D eigenvalue weighted by atomic mass is 32.1. The molecule has 9 heteroatoms. The van der Waals surface area contributed by atoms with Gasteiger partial charge in [0.05, 0.1) is 36.4 Å². The molecule has 30 heavy (non-hydrogen) atoms. The zero-order valence-corrected chi connectivity index (χ0v) is 17.4. The van der Waals surface area contributed by atoms with E-state index in [4.69, 9.17) is 18.9 Å². The summed E-state index contributed by atoms with van der Waals surface area (Å²) in [5.74, 6) is 0.953. The predicted molar refractivity (Wildman–Crippen MR) is 110 cm³/mol. The molecule has 0 fully saturated rings. The number of carbonyl (C=O) groups is 2. The number of amides is 1. The van der Waals surface area contributed by atoms with Gasteiger partial charge < -0.3 is 23.5 Å². The number of para-hydroxylation sites is 1. The van der Waals surface area contributed by atoms with Gasteiger partial charge in [0.2, 0.25) is 0 Å². The first-order chi connectivity index (χ1) is 14.6. The van der Waals surface area contributed by atoms with Gasteiger partial charge in [-0.15, -0.1) is 0 Å². The normalized spacial score (nSPS) is 13.3. The maximum atomic E-state index is 12.9. The molecule has 0 radical (unpaired) electrons. The molecule has 0 unspecified atom stereocenters. The lowest BCUT2D eigenvalue weighted by molar-refractivity contribution is -0.140. The highest BCUT2D eigenvalue weighted by Gasteiger charge is 2.18. The van der Waals surface area contributed by atoms with Crippen molar-refractivity contribution in [3.63, 3.8) is 0 Å². The molecule has 3 aromatic rings. The van der Waals surface area contributed by atoms with E-state index in [1.165, 1.54) is 25.6 Å². The summed E-state index contributed by atoms with van der Waals surface area (Å²) in [5.41, 5.74) is 1.17. The Morgan fingerprint density at radius 3 is 2.60 bits per heavy atom. The van der Waals surface area contributed by atoms with E-state index < -0.39 is 5.91 Å². The molecule has 156 valence electrons. The number of ether oxygens (including phenoxy) is 4. The third-order valence-corrected chi connectivity index (χ3v) is 5.69. The molecular formula is C21H20N2O6S. The van der Waals surface area contributed by atoms with Gasteiger partial charge in [-0.05, 0) is 12.1 Å². The number of nitrogens with zero attached hydrogens (tertiary/aromatic N) is 2. The number of esters is 1. The maximum Gasteiger partial charge on any atom is 0.307 e. The van der Waals surface area contributed by atoms with Crippen LogP contribution in [0.4, 0.5) is 0 Å². The number of aryl methyl sites for hydroxylation is 1. The van der Waals surface area contributed by atoms with Crippen LogP contribution in [0, 0.1) is 0 Å². The number of hydrogen-bond donors (Lipinski definition) is 0. The Morgan fingerprint density at radius 2 is 1.87 bits per heavy atom. The van der Waals surface area contributed by atoms with Crippen molar-refractivity contribution >= 4 is 33.4 Å². The van der Waals surface area contributed by atoms with Crippen molar-refractivity contribution in [2.45, 2.75) is 13.0 Å². The molecule has 1 amide bonds. The van der Waals surface area contributed by atoms with Gasteiger partial charge in [0.15, 0.2) is 16.3 Å². The second-order valence-electron chi connectivity index (χ2n) is 6.44. The zero-order chi connectivity index (χ0) is 21.1. The predicted octanol–water partition coefficient (Wildman–Crippen LogP) is 2.79.